The molecule has 0 radical (unpaired) electrons. The van der Waals surface area contributed by atoms with Crippen LogP contribution in [-0.2, 0) is 16.0 Å². The Morgan fingerprint density at radius 2 is 1.89 bits per heavy atom. The minimum atomic E-state index is -2.68. The number of ketones is 2. The van der Waals surface area contributed by atoms with Crippen LogP contribution in [0.4, 0.5) is 0 Å². The number of carbonyl (C=O) groups excluding carboxylic acids is 4. The van der Waals surface area contributed by atoms with E-state index >= 15 is 0 Å². The van der Waals surface area contributed by atoms with Gasteiger partial charge < -0.3 is 30.7 Å². The molecule has 11 nitrogen and oxygen atoms in total. The van der Waals surface area contributed by atoms with Crippen LogP contribution in [0.1, 0.15) is 32.7 Å². The van der Waals surface area contributed by atoms with Crippen LogP contribution in [0.5, 0.6) is 5.75 Å². The quantitative estimate of drug-likeness (QED) is 0.294. The summed E-state index contributed by atoms with van der Waals surface area (Å²) in [6.07, 6.45) is 4.03. The molecule has 5 rings (SSSR count). The molecule has 11 heteroatoms. The Kier molecular flexibility index (Phi) is 5.39. The second-order valence-electron chi connectivity index (χ2n) is 9.89. The number of aliphatic hydroxyl groups is 3. The average Bonchev–Trinajstić information content (AvgIpc) is 3.30. The van der Waals surface area contributed by atoms with Crippen LogP contribution in [0.15, 0.2) is 53.3 Å². The Balaban J connectivity index is 1.72. The number of aliphatic hydroxyl groups excluding tert-OH is 2. The minimum absolute atomic E-state index is 0.00781. The lowest BCUT2D eigenvalue weighted by Gasteiger charge is -2.50. The van der Waals surface area contributed by atoms with Crippen molar-refractivity contribution in [1.29, 1.82) is 0 Å². The summed E-state index contributed by atoms with van der Waals surface area (Å²) < 4.78 is 1.64. The summed E-state index contributed by atoms with van der Waals surface area (Å²) in [7, 11) is 3.14. The molecule has 0 aliphatic heterocycles. The van der Waals surface area contributed by atoms with Crippen molar-refractivity contribution in [2.24, 2.45) is 17.6 Å². The van der Waals surface area contributed by atoms with E-state index in [9.17, 15) is 39.6 Å². The molecule has 6 N–H and O–H groups in total. The Morgan fingerprint density at radius 3 is 2.49 bits per heavy atom. The van der Waals surface area contributed by atoms with Crippen molar-refractivity contribution in [3.8, 4) is 11.4 Å². The van der Waals surface area contributed by atoms with Gasteiger partial charge in [0.25, 0.3) is 5.91 Å². The van der Waals surface area contributed by atoms with Gasteiger partial charge in [-0.05, 0) is 56.6 Å². The summed E-state index contributed by atoms with van der Waals surface area (Å²) in [6, 6.07) is 3.44. The van der Waals surface area contributed by atoms with E-state index in [2.05, 4.69) is 0 Å². The highest BCUT2D eigenvalue weighted by molar-refractivity contribution is 6.24. The zero-order valence-corrected chi connectivity index (χ0v) is 20.0. The van der Waals surface area contributed by atoms with Gasteiger partial charge in [0.2, 0.25) is 5.78 Å². The number of phenolic OH excluding ortho intramolecular Hbond substituents is 1. The number of rotatable bonds is 4. The third-order valence-corrected chi connectivity index (χ3v) is 7.71. The third kappa shape index (κ3) is 3.20. The van der Waals surface area contributed by atoms with E-state index in [0.29, 0.717) is 23.1 Å². The standard InChI is InChI=1S/C26H25N3O8/c1-28(2)20-14-8-12-7-13-15(29-6-5-11(9-29)10-30)3-4-16(31)18(13)21(32)17(12)23(34)26(14,37)24(35)19(22(20)33)25(27)36/h3-6,9-10,12,14,20,31,33-34,37H,7-8H2,1-2H3,(H2,27,36)/t12-,14-,20-,26-/m0/s1. The largest absolute Gasteiger partial charge is 0.510 e. The second-order valence-corrected chi connectivity index (χ2v) is 9.89. The van der Waals surface area contributed by atoms with Crippen LogP contribution in [-0.4, -0.2) is 79.4 Å². The number of aromatic hydroxyl groups is 1. The van der Waals surface area contributed by atoms with Crippen molar-refractivity contribution in [1.82, 2.24) is 9.47 Å². The van der Waals surface area contributed by atoms with Crippen molar-refractivity contribution in [2.75, 3.05) is 14.1 Å². The lowest BCUT2D eigenvalue weighted by Crippen LogP contribution is -2.63. The first-order valence-corrected chi connectivity index (χ1v) is 11.6. The highest BCUT2D eigenvalue weighted by Gasteiger charge is 2.63. The maximum Gasteiger partial charge on any atom is 0.255 e. The normalized spacial score (nSPS) is 27.2. The summed E-state index contributed by atoms with van der Waals surface area (Å²) in [6.45, 7) is 0. The number of likely N-dealkylation sites (N-methyl/N-ethyl adjacent to an activating group) is 1. The molecule has 0 spiro atoms. The number of phenols is 1. The van der Waals surface area contributed by atoms with Gasteiger partial charge in [-0.2, -0.15) is 0 Å². The molecule has 0 fully saturated rings. The first kappa shape index (κ1) is 24.5. The first-order chi connectivity index (χ1) is 17.4. The molecule has 0 saturated heterocycles. The number of carbonyl (C=O) groups is 4. The number of hydrogen-bond acceptors (Lipinski definition) is 9. The van der Waals surface area contributed by atoms with Crippen LogP contribution < -0.4 is 5.73 Å². The predicted molar refractivity (Wildman–Crippen MR) is 128 cm³/mol. The highest BCUT2D eigenvalue weighted by Crippen LogP contribution is 2.52. The molecular formula is C26H25N3O8. The molecule has 3 aliphatic carbocycles. The Hall–Kier alpha value is -4.22. The maximum absolute atomic E-state index is 13.7. The summed E-state index contributed by atoms with van der Waals surface area (Å²) in [5.74, 6) is -7.01. The molecule has 1 amide bonds. The fourth-order valence-corrected chi connectivity index (χ4v) is 6.11. The number of hydrogen-bond donors (Lipinski definition) is 5. The van der Waals surface area contributed by atoms with Gasteiger partial charge in [0.15, 0.2) is 17.7 Å². The molecule has 3 aliphatic rings. The molecule has 1 aromatic heterocycles. The molecular weight excluding hydrogens is 482 g/mol. The van der Waals surface area contributed by atoms with E-state index in [1.807, 2.05) is 0 Å². The number of nitrogens with zero attached hydrogens (tertiary/aromatic N) is 2. The molecule has 0 bridgehead atoms. The van der Waals surface area contributed by atoms with Gasteiger partial charge in [-0.15, -0.1) is 0 Å². The summed E-state index contributed by atoms with van der Waals surface area (Å²) in [5.41, 5.74) is 2.89. The molecule has 2 aromatic rings. The Morgan fingerprint density at radius 1 is 1.19 bits per heavy atom. The number of Topliss-reactive ketones (excluding diaryl/α,β-unsaturated/α-hetero) is 2. The minimum Gasteiger partial charge on any atom is -0.510 e. The Bertz CT molecular complexity index is 1470. The summed E-state index contributed by atoms with van der Waals surface area (Å²) in [5, 5.41) is 44.4. The molecule has 0 saturated carbocycles. The number of aldehydes is 1. The SMILES string of the molecule is CN(C)[C@@H]1C(O)=C(C(N)=O)C(=O)[C@@]2(O)C(O)=C3C(=O)c4c(O)ccc(-n5ccc(C=O)c5)c4C[C@H]3C[C@@H]12. The van der Waals surface area contributed by atoms with E-state index in [1.54, 1.807) is 43.2 Å². The van der Waals surface area contributed by atoms with E-state index in [4.69, 9.17) is 5.73 Å². The zero-order valence-electron chi connectivity index (χ0n) is 20.0. The van der Waals surface area contributed by atoms with Crippen LogP contribution in [0.3, 0.4) is 0 Å². The van der Waals surface area contributed by atoms with Gasteiger partial charge in [0.05, 0.1) is 11.6 Å². The fourth-order valence-electron chi connectivity index (χ4n) is 6.11. The summed E-state index contributed by atoms with van der Waals surface area (Å²) >= 11 is 0. The highest BCUT2D eigenvalue weighted by atomic mass is 16.3. The monoisotopic (exact) mass is 507 g/mol. The number of benzene rings is 1. The Labute approximate surface area is 210 Å². The number of allylic oxidation sites excluding steroid dienone is 1. The van der Waals surface area contributed by atoms with Crippen molar-refractivity contribution in [2.45, 2.75) is 24.5 Å². The van der Waals surface area contributed by atoms with Gasteiger partial charge in [0.1, 0.15) is 22.8 Å². The van der Waals surface area contributed by atoms with Crippen molar-refractivity contribution < 1.29 is 39.6 Å². The van der Waals surface area contributed by atoms with Crippen LogP contribution >= 0.6 is 0 Å². The van der Waals surface area contributed by atoms with E-state index < -0.39 is 58.0 Å². The molecule has 4 atom stereocenters. The van der Waals surface area contributed by atoms with Gasteiger partial charge in [0, 0.05) is 35.1 Å². The van der Waals surface area contributed by atoms with Gasteiger partial charge in [-0.3, -0.25) is 24.1 Å². The summed E-state index contributed by atoms with van der Waals surface area (Å²) in [4.78, 5) is 51.8. The second kappa shape index (κ2) is 8.15. The van der Waals surface area contributed by atoms with Gasteiger partial charge in [-0.1, -0.05) is 0 Å². The van der Waals surface area contributed by atoms with E-state index in [1.165, 1.54) is 11.0 Å². The number of nitrogens with two attached hydrogens (primary N) is 1. The van der Waals surface area contributed by atoms with Crippen LogP contribution in [0.25, 0.3) is 5.69 Å². The van der Waals surface area contributed by atoms with E-state index in [-0.39, 0.29) is 29.7 Å². The molecule has 1 aromatic carbocycles. The number of aromatic nitrogens is 1. The van der Waals surface area contributed by atoms with Crippen molar-refractivity contribution in [3.63, 3.8) is 0 Å². The number of amides is 1. The fraction of sp³-hybridized carbons (Fsp3) is 0.308. The number of primary amides is 1. The smallest absolute Gasteiger partial charge is 0.255 e. The zero-order chi connectivity index (χ0) is 27.0. The lowest BCUT2D eigenvalue weighted by molar-refractivity contribution is -0.148. The molecule has 0 unspecified atom stereocenters. The van der Waals surface area contributed by atoms with E-state index in [0.717, 1.165) is 0 Å². The van der Waals surface area contributed by atoms with Gasteiger partial charge >= 0.3 is 0 Å². The number of fused-ring (bicyclic) bond motifs is 3. The average molecular weight is 507 g/mol. The van der Waals surface area contributed by atoms with Crippen LogP contribution in [0.2, 0.25) is 0 Å². The predicted octanol–water partition coefficient (Wildman–Crippen LogP) is 0.724. The molecule has 1 heterocycles. The maximum atomic E-state index is 13.7. The molecule has 192 valence electrons. The molecule has 37 heavy (non-hydrogen) atoms. The van der Waals surface area contributed by atoms with Crippen molar-refractivity contribution >= 4 is 23.8 Å². The lowest BCUT2D eigenvalue weighted by atomic mass is 9.58. The first-order valence-electron chi connectivity index (χ1n) is 11.6. The topological polar surface area (TPSA) is 183 Å². The van der Waals surface area contributed by atoms with Gasteiger partial charge in [-0.25, -0.2) is 0 Å². The van der Waals surface area contributed by atoms with Crippen molar-refractivity contribution in [3.05, 3.63) is 69.9 Å². The third-order valence-electron chi connectivity index (χ3n) is 7.71. The van der Waals surface area contributed by atoms with Crippen LogP contribution in [0, 0.1) is 11.8 Å².